The number of carbonyl (C=O) groups excluding carboxylic acids is 2. The first-order valence-corrected chi connectivity index (χ1v) is 9.77. The molecule has 27 heavy (non-hydrogen) atoms. The number of nitrogens with zero attached hydrogens (tertiary/aromatic N) is 1. The van der Waals surface area contributed by atoms with Gasteiger partial charge in [-0.25, -0.2) is 8.42 Å². The molecule has 0 aromatic heterocycles. The van der Waals surface area contributed by atoms with Crippen molar-refractivity contribution in [3.8, 4) is 5.75 Å². The molecule has 2 rings (SSSR count). The van der Waals surface area contributed by atoms with Crippen molar-refractivity contribution in [2.75, 3.05) is 38.6 Å². The van der Waals surface area contributed by atoms with Crippen LogP contribution in [0, 0.1) is 0 Å². The molecule has 1 heterocycles. The van der Waals surface area contributed by atoms with Crippen molar-refractivity contribution in [1.29, 1.82) is 0 Å². The predicted octanol–water partition coefficient (Wildman–Crippen LogP) is 0.305. The van der Waals surface area contributed by atoms with Gasteiger partial charge in [-0.3, -0.25) is 9.59 Å². The van der Waals surface area contributed by atoms with Crippen molar-refractivity contribution in [2.24, 2.45) is 5.73 Å². The summed E-state index contributed by atoms with van der Waals surface area (Å²) in [6.45, 7) is 0.463. The third kappa shape index (κ3) is 6.06. The summed E-state index contributed by atoms with van der Waals surface area (Å²) in [7, 11) is -2.33. The summed E-state index contributed by atoms with van der Waals surface area (Å²) >= 11 is 0. The Balaban J connectivity index is 0.00000364. The molecular weight excluding hydrogens is 396 g/mol. The predicted molar refractivity (Wildman–Crippen MR) is 104 cm³/mol. The first-order valence-electron chi connectivity index (χ1n) is 8.33. The van der Waals surface area contributed by atoms with E-state index in [1.54, 1.807) is 0 Å². The third-order valence-corrected chi connectivity index (χ3v) is 5.93. The number of nitrogens with two attached hydrogens (primary N) is 1. The van der Waals surface area contributed by atoms with Crippen LogP contribution >= 0.6 is 12.4 Å². The zero-order chi connectivity index (χ0) is 19.2. The summed E-state index contributed by atoms with van der Waals surface area (Å²) in [6.07, 6.45) is 2.64. The molecule has 0 aliphatic carbocycles. The van der Waals surface area contributed by atoms with Crippen molar-refractivity contribution in [1.82, 2.24) is 9.62 Å². The fourth-order valence-electron chi connectivity index (χ4n) is 2.66. The SMILES string of the molecule is COc1ccc(NC(=O)CNC(=O)CN)cc1S(=O)(=O)N1CCCCC1.Cl. The second kappa shape index (κ2) is 10.5. The molecule has 1 aliphatic rings. The second-order valence-corrected chi connectivity index (χ2v) is 7.77. The van der Waals surface area contributed by atoms with E-state index in [-0.39, 0.29) is 36.1 Å². The molecule has 2 amide bonds. The molecule has 0 atom stereocenters. The summed E-state index contributed by atoms with van der Waals surface area (Å²) in [5, 5.41) is 4.90. The lowest BCUT2D eigenvalue weighted by Crippen LogP contribution is -2.37. The highest BCUT2D eigenvalue weighted by atomic mass is 35.5. The Hall–Kier alpha value is -1.88. The van der Waals surface area contributed by atoms with Crippen molar-refractivity contribution in [3.05, 3.63) is 18.2 Å². The number of amides is 2. The van der Waals surface area contributed by atoms with Gasteiger partial charge < -0.3 is 21.1 Å². The smallest absolute Gasteiger partial charge is 0.246 e. The normalized spacial score (nSPS) is 14.7. The van der Waals surface area contributed by atoms with E-state index in [9.17, 15) is 18.0 Å². The summed E-state index contributed by atoms with van der Waals surface area (Å²) in [5.41, 5.74) is 5.45. The lowest BCUT2D eigenvalue weighted by molar-refractivity contribution is -0.123. The molecular formula is C16H25ClN4O5S. The zero-order valence-electron chi connectivity index (χ0n) is 15.1. The van der Waals surface area contributed by atoms with Crippen LogP contribution in [0.1, 0.15) is 19.3 Å². The van der Waals surface area contributed by atoms with Crippen LogP contribution in [-0.2, 0) is 19.6 Å². The van der Waals surface area contributed by atoms with Gasteiger partial charge in [0.1, 0.15) is 10.6 Å². The number of ether oxygens (including phenoxy) is 1. The van der Waals surface area contributed by atoms with Gasteiger partial charge in [-0.15, -0.1) is 12.4 Å². The number of benzene rings is 1. The van der Waals surface area contributed by atoms with E-state index in [4.69, 9.17) is 10.5 Å². The maximum atomic E-state index is 12.9. The van der Waals surface area contributed by atoms with Gasteiger partial charge in [0.15, 0.2) is 0 Å². The number of methoxy groups -OCH3 is 1. The van der Waals surface area contributed by atoms with E-state index < -0.39 is 21.8 Å². The maximum Gasteiger partial charge on any atom is 0.246 e. The number of nitrogens with one attached hydrogen (secondary N) is 2. The molecule has 0 saturated carbocycles. The topological polar surface area (TPSA) is 131 Å². The summed E-state index contributed by atoms with van der Waals surface area (Å²) in [6, 6.07) is 4.40. The Kier molecular flexibility index (Phi) is 8.97. The number of hydrogen-bond acceptors (Lipinski definition) is 6. The van der Waals surface area contributed by atoms with E-state index in [0.717, 1.165) is 19.3 Å². The van der Waals surface area contributed by atoms with Crippen molar-refractivity contribution >= 4 is 39.9 Å². The molecule has 152 valence electrons. The minimum Gasteiger partial charge on any atom is -0.495 e. The molecule has 11 heteroatoms. The van der Waals surface area contributed by atoms with E-state index in [1.165, 1.54) is 29.6 Å². The first kappa shape index (κ1) is 23.2. The standard InChI is InChI=1S/C16H24N4O5S.ClH/c1-25-13-6-5-12(19-16(22)11-18-15(21)10-17)9-14(13)26(23,24)20-7-3-2-4-8-20;/h5-6,9H,2-4,7-8,10-11,17H2,1H3,(H,18,21)(H,19,22);1H. The van der Waals surface area contributed by atoms with Crippen LogP contribution in [0.2, 0.25) is 0 Å². The molecule has 1 aliphatic heterocycles. The monoisotopic (exact) mass is 420 g/mol. The van der Waals surface area contributed by atoms with Gasteiger partial charge in [0.2, 0.25) is 21.8 Å². The Labute approximate surface area is 165 Å². The number of sulfonamides is 1. The lowest BCUT2D eigenvalue weighted by Gasteiger charge is -2.26. The Bertz CT molecular complexity index is 766. The van der Waals surface area contributed by atoms with Crippen LogP contribution < -0.4 is 21.1 Å². The number of carbonyl (C=O) groups is 2. The van der Waals surface area contributed by atoms with Gasteiger partial charge >= 0.3 is 0 Å². The Morgan fingerprint density at radius 1 is 1.19 bits per heavy atom. The van der Waals surface area contributed by atoms with Crippen molar-refractivity contribution in [3.63, 3.8) is 0 Å². The summed E-state index contributed by atoms with van der Waals surface area (Å²) in [5.74, 6) is -0.730. The minimum absolute atomic E-state index is 0. The maximum absolute atomic E-state index is 12.9. The number of anilines is 1. The average Bonchev–Trinajstić information content (AvgIpc) is 2.66. The van der Waals surface area contributed by atoms with Gasteiger partial charge in [0, 0.05) is 18.8 Å². The van der Waals surface area contributed by atoms with Crippen LogP contribution in [0.25, 0.3) is 0 Å². The molecule has 0 bridgehead atoms. The van der Waals surface area contributed by atoms with E-state index >= 15 is 0 Å². The van der Waals surface area contributed by atoms with E-state index in [1.807, 2.05) is 0 Å². The highest BCUT2D eigenvalue weighted by molar-refractivity contribution is 7.89. The molecule has 1 aromatic carbocycles. The quantitative estimate of drug-likeness (QED) is 0.581. The molecule has 0 spiro atoms. The van der Waals surface area contributed by atoms with Crippen LogP contribution in [0.3, 0.4) is 0 Å². The van der Waals surface area contributed by atoms with Gasteiger partial charge in [-0.1, -0.05) is 6.42 Å². The molecule has 0 unspecified atom stereocenters. The zero-order valence-corrected chi connectivity index (χ0v) is 16.7. The Morgan fingerprint density at radius 2 is 1.85 bits per heavy atom. The van der Waals surface area contributed by atoms with Crippen LogP contribution in [0.15, 0.2) is 23.1 Å². The molecule has 1 saturated heterocycles. The van der Waals surface area contributed by atoms with Gasteiger partial charge in [-0.05, 0) is 31.0 Å². The molecule has 4 N–H and O–H groups in total. The van der Waals surface area contributed by atoms with Crippen LogP contribution in [-0.4, -0.2) is 57.8 Å². The van der Waals surface area contributed by atoms with Gasteiger partial charge in [-0.2, -0.15) is 4.31 Å². The largest absolute Gasteiger partial charge is 0.495 e. The number of rotatable bonds is 7. The fourth-order valence-corrected chi connectivity index (χ4v) is 4.36. The summed E-state index contributed by atoms with van der Waals surface area (Å²) in [4.78, 5) is 23.0. The third-order valence-electron chi connectivity index (χ3n) is 4.01. The van der Waals surface area contributed by atoms with Crippen LogP contribution in [0.4, 0.5) is 5.69 Å². The van der Waals surface area contributed by atoms with Crippen molar-refractivity contribution < 1.29 is 22.7 Å². The molecule has 0 radical (unpaired) electrons. The number of piperidine rings is 1. The minimum atomic E-state index is -3.72. The highest BCUT2D eigenvalue weighted by Gasteiger charge is 2.29. The number of hydrogen-bond donors (Lipinski definition) is 3. The second-order valence-electron chi connectivity index (χ2n) is 5.86. The van der Waals surface area contributed by atoms with E-state index in [0.29, 0.717) is 18.8 Å². The Morgan fingerprint density at radius 3 is 2.44 bits per heavy atom. The summed E-state index contributed by atoms with van der Waals surface area (Å²) < 4.78 is 32.5. The van der Waals surface area contributed by atoms with Crippen LogP contribution in [0.5, 0.6) is 5.75 Å². The van der Waals surface area contributed by atoms with E-state index in [2.05, 4.69) is 10.6 Å². The number of halogens is 1. The van der Waals surface area contributed by atoms with Gasteiger partial charge in [0.25, 0.3) is 0 Å². The fraction of sp³-hybridized carbons (Fsp3) is 0.500. The molecule has 1 fully saturated rings. The van der Waals surface area contributed by atoms with Crippen molar-refractivity contribution in [2.45, 2.75) is 24.2 Å². The highest BCUT2D eigenvalue weighted by Crippen LogP contribution is 2.31. The van der Waals surface area contributed by atoms with Gasteiger partial charge in [0.05, 0.1) is 20.2 Å². The molecule has 9 nitrogen and oxygen atoms in total. The molecule has 1 aromatic rings. The first-order chi connectivity index (χ1) is 12.4. The average molecular weight is 421 g/mol. The lowest BCUT2D eigenvalue weighted by atomic mass is 10.2.